The largest absolute Gasteiger partial charge is 0.384 e. The van der Waals surface area contributed by atoms with E-state index in [2.05, 4.69) is 37.1 Å². The fraction of sp³-hybridized carbons (Fsp3) is 0.438. The number of benzene rings is 1. The summed E-state index contributed by atoms with van der Waals surface area (Å²) in [4.78, 5) is 4.62. The van der Waals surface area contributed by atoms with E-state index in [1.807, 2.05) is 6.07 Å². The molecule has 1 heterocycles. The predicted molar refractivity (Wildman–Crippen MR) is 79.3 cm³/mol. The number of halogens is 1. The van der Waals surface area contributed by atoms with Gasteiger partial charge in [-0.2, -0.15) is 0 Å². The van der Waals surface area contributed by atoms with Crippen LogP contribution in [0.5, 0.6) is 0 Å². The number of nitrogens with one attached hydrogen (secondary N) is 1. The Kier molecular flexibility index (Phi) is 4.03. The molecule has 2 rings (SSSR count). The van der Waals surface area contributed by atoms with Gasteiger partial charge in [0.05, 0.1) is 5.52 Å². The van der Waals surface area contributed by atoms with Gasteiger partial charge in [-0.1, -0.05) is 20.8 Å². The Morgan fingerprint density at radius 2 is 2.05 bits per heavy atom. The highest BCUT2D eigenvalue weighted by atomic mass is 19.1. The molecule has 1 aromatic carbocycles. The summed E-state index contributed by atoms with van der Waals surface area (Å²) in [6.45, 7) is 9.04. The molecule has 0 saturated carbocycles. The number of fused-ring (bicyclic) bond motifs is 1. The molecule has 2 nitrogen and oxygen atoms in total. The zero-order valence-electron chi connectivity index (χ0n) is 12.0. The highest BCUT2D eigenvalue weighted by molar-refractivity contribution is 5.93. The molecule has 3 heteroatoms. The molecular formula is C16H21FN2. The summed E-state index contributed by atoms with van der Waals surface area (Å²) in [7, 11) is 0. The molecular weight excluding hydrogens is 239 g/mol. The van der Waals surface area contributed by atoms with Crippen molar-refractivity contribution >= 4 is 16.6 Å². The molecule has 102 valence electrons. The van der Waals surface area contributed by atoms with Crippen LogP contribution in [0, 0.1) is 12.7 Å². The molecule has 0 fully saturated rings. The van der Waals surface area contributed by atoms with Gasteiger partial charge in [-0.15, -0.1) is 0 Å². The van der Waals surface area contributed by atoms with Crippen LogP contribution in [0.1, 0.15) is 44.4 Å². The Hall–Kier alpha value is -1.64. The number of hydrogen-bond acceptors (Lipinski definition) is 2. The predicted octanol–water partition coefficient (Wildman–Crippen LogP) is 4.63. The molecule has 0 saturated heterocycles. The van der Waals surface area contributed by atoms with E-state index in [0.29, 0.717) is 11.5 Å². The molecule has 0 aliphatic heterocycles. The molecule has 0 aliphatic rings. The van der Waals surface area contributed by atoms with Gasteiger partial charge in [-0.25, -0.2) is 4.39 Å². The fourth-order valence-electron chi connectivity index (χ4n) is 2.13. The molecule has 19 heavy (non-hydrogen) atoms. The summed E-state index contributed by atoms with van der Waals surface area (Å²) in [6.07, 6.45) is 1.06. The minimum atomic E-state index is -0.192. The van der Waals surface area contributed by atoms with E-state index in [4.69, 9.17) is 0 Å². The molecule has 1 aromatic heterocycles. The maximum absolute atomic E-state index is 13.7. The van der Waals surface area contributed by atoms with E-state index < -0.39 is 0 Å². The molecule has 0 bridgehead atoms. The Morgan fingerprint density at radius 1 is 1.32 bits per heavy atom. The average molecular weight is 260 g/mol. The first-order valence-corrected chi connectivity index (χ1v) is 6.88. The Bertz CT molecular complexity index is 591. The number of anilines is 1. The van der Waals surface area contributed by atoms with E-state index in [9.17, 15) is 4.39 Å². The zero-order valence-corrected chi connectivity index (χ0v) is 12.0. The van der Waals surface area contributed by atoms with Gasteiger partial charge in [0.1, 0.15) is 5.82 Å². The summed E-state index contributed by atoms with van der Waals surface area (Å²) in [5, 5.41) is 4.41. The lowest BCUT2D eigenvalue weighted by Crippen LogP contribution is -2.04. The summed E-state index contributed by atoms with van der Waals surface area (Å²) >= 11 is 0. The summed E-state index contributed by atoms with van der Waals surface area (Å²) in [5.41, 5.74) is 3.45. The van der Waals surface area contributed by atoms with Crippen LogP contribution in [0.4, 0.5) is 10.1 Å². The quantitative estimate of drug-likeness (QED) is 0.867. The number of pyridine rings is 1. The van der Waals surface area contributed by atoms with Crippen LogP contribution in [0.15, 0.2) is 18.2 Å². The average Bonchev–Trinajstić information content (AvgIpc) is 2.40. The Morgan fingerprint density at radius 3 is 2.68 bits per heavy atom. The van der Waals surface area contributed by atoms with Gasteiger partial charge in [0.2, 0.25) is 0 Å². The van der Waals surface area contributed by atoms with Crippen LogP contribution in [-0.4, -0.2) is 11.5 Å². The fourth-order valence-corrected chi connectivity index (χ4v) is 2.13. The maximum atomic E-state index is 13.7. The van der Waals surface area contributed by atoms with Crippen molar-refractivity contribution in [2.75, 3.05) is 11.9 Å². The third-order valence-corrected chi connectivity index (χ3v) is 3.35. The standard InChI is InChI=1S/C16H21FN2/c1-5-8-18-15-9-14(10(2)3)19-16-11(4)13(17)7-6-12(15)16/h6-7,9-10H,5,8H2,1-4H3,(H,18,19). The van der Waals surface area contributed by atoms with Gasteiger partial charge in [0.25, 0.3) is 0 Å². The number of aromatic nitrogens is 1. The van der Waals surface area contributed by atoms with Crippen LogP contribution in [-0.2, 0) is 0 Å². The van der Waals surface area contributed by atoms with Crippen molar-refractivity contribution in [2.24, 2.45) is 0 Å². The SMILES string of the molecule is CCCNc1cc(C(C)C)nc2c(C)c(F)ccc12. The normalized spacial score (nSPS) is 11.3. The first kappa shape index (κ1) is 13.8. The van der Waals surface area contributed by atoms with Gasteiger partial charge in [0, 0.05) is 28.9 Å². The van der Waals surface area contributed by atoms with Crippen molar-refractivity contribution in [2.45, 2.75) is 40.0 Å². The molecule has 0 aliphatic carbocycles. The second kappa shape index (κ2) is 5.55. The molecule has 0 amide bonds. The van der Waals surface area contributed by atoms with E-state index in [-0.39, 0.29) is 5.82 Å². The topological polar surface area (TPSA) is 24.9 Å². The summed E-state index contributed by atoms with van der Waals surface area (Å²) in [6, 6.07) is 5.41. The van der Waals surface area contributed by atoms with Crippen molar-refractivity contribution in [1.29, 1.82) is 0 Å². The van der Waals surface area contributed by atoms with Crippen LogP contribution in [0.2, 0.25) is 0 Å². The minimum absolute atomic E-state index is 0.192. The van der Waals surface area contributed by atoms with Gasteiger partial charge in [0.15, 0.2) is 0 Å². The van der Waals surface area contributed by atoms with E-state index in [0.717, 1.165) is 35.2 Å². The third-order valence-electron chi connectivity index (χ3n) is 3.35. The van der Waals surface area contributed by atoms with Crippen LogP contribution < -0.4 is 5.32 Å². The lowest BCUT2D eigenvalue weighted by Gasteiger charge is -2.14. The van der Waals surface area contributed by atoms with Crippen LogP contribution in [0.25, 0.3) is 10.9 Å². The lowest BCUT2D eigenvalue weighted by atomic mass is 10.0. The summed E-state index contributed by atoms with van der Waals surface area (Å²) in [5.74, 6) is 0.136. The minimum Gasteiger partial charge on any atom is -0.384 e. The maximum Gasteiger partial charge on any atom is 0.128 e. The molecule has 0 atom stereocenters. The molecule has 0 spiro atoms. The third kappa shape index (κ3) is 2.70. The van der Waals surface area contributed by atoms with E-state index in [1.54, 1.807) is 6.92 Å². The number of nitrogens with zero attached hydrogens (tertiary/aromatic N) is 1. The summed E-state index contributed by atoms with van der Waals surface area (Å²) < 4.78 is 13.7. The second-order valence-corrected chi connectivity index (χ2v) is 5.24. The van der Waals surface area contributed by atoms with Gasteiger partial charge in [-0.05, 0) is 37.5 Å². The Labute approximate surface area is 114 Å². The van der Waals surface area contributed by atoms with Gasteiger partial charge >= 0.3 is 0 Å². The van der Waals surface area contributed by atoms with Gasteiger partial charge in [-0.3, -0.25) is 4.98 Å². The van der Waals surface area contributed by atoms with Crippen molar-refractivity contribution < 1.29 is 4.39 Å². The smallest absolute Gasteiger partial charge is 0.128 e. The van der Waals surface area contributed by atoms with E-state index >= 15 is 0 Å². The Balaban J connectivity index is 2.67. The van der Waals surface area contributed by atoms with Crippen LogP contribution >= 0.6 is 0 Å². The monoisotopic (exact) mass is 260 g/mol. The van der Waals surface area contributed by atoms with E-state index in [1.165, 1.54) is 6.07 Å². The first-order valence-electron chi connectivity index (χ1n) is 6.88. The van der Waals surface area contributed by atoms with Crippen molar-refractivity contribution in [3.05, 3.63) is 35.3 Å². The van der Waals surface area contributed by atoms with Gasteiger partial charge < -0.3 is 5.32 Å². The molecule has 2 aromatic rings. The van der Waals surface area contributed by atoms with Crippen molar-refractivity contribution in [3.63, 3.8) is 0 Å². The first-order chi connectivity index (χ1) is 9.04. The number of rotatable bonds is 4. The molecule has 0 radical (unpaired) electrons. The van der Waals surface area contributed by atoms with Crippen molar-refractivity contribution in [1.82, 2.24) is 4.98 Å². The zero-order chi connectivity index (χ0) is 14.0. The molecule has 1 N–H and O–H groups in total. The highest BCUT2D eigenvalue weighted by Gasteiger charge is 2.12. The number of hydrogen-bond donors (Lipinski definition) is 1. The van der Waals surface area contributed by atoms with Crippen molar-refractivity contribution in [3.8, 4) is 0 Å². The second-order valence-electron chi connectivity index (χ2n) is 5.24. The lowest BCUT2D eigenvalue weighted by molar-refractivity contribution is 0.620. The number of aryl methyl sites for hydroxylation is 1. The highest BCUT2D eigenvalue weighted by Crippen LogP contribution is 2.29. The molecule has 0 unspecified atom stereocenters. The van der Waals surface area contributed by atoms with Crippen LogP contribution in [0.3, 0.4) is 0 Å².